The SMILES string of the molecule is CC(C)(I)COC(C)(C)CN. The highest BCUT2D eigenvalue weighted by atomic mass is 127. The molecule has 2 N–H and O–H groups in total. The topological polar surface area (TPSA) is 35.2 Å². The minimum absolute atomic E-state index is 0.178. The average molecular weight is 271 g/mol. The quantitative estimate of drug-likeness (QED) is 0.626. The van der Waals surface area contributed by atoms with Gasteiger partial charge in [0.25, 0.3) is 0 Å². The maximum absolute atomic E-state index is 5.61. The van der Waals surface area contributed by atoms with Crippen LogP contribution in [0.4, 0.5) is 0 Å². The second-order valence-electron chi connectivity index (χ2n) is 3.97. The van der Waals surface area contributed by atoms with Gasteiger partial charge in [0.1, 0.15) is 0 Å². The first-order chi connectivity index (χ1) is 4.77. The Morgan fingerprint density at radius 3 is 2.00 bits per heavy atom. The Bertz CT molecular complexity index is 118. The number of halogens is 1. The molecule has 0 aliphatic heterocycles. The second kappa shape index (κ2) is 4.05. The van der Waals surface area contributed by atoms with E-state index in [4.69, 9.17) is 10.5 Å². The molecule has 68 valence electrons. The summed E-state index contributed by atoms with van der Waals surface area (Å²) >= 11 is 2.37. The Balaban J connectivity index is 3.70. The highest BCUT2D eigenvalue weighted by Crippen LogP contribution is 2.19. The molecule has 0 radical (unpaired) electrons. The van der Waals surface area contributed by atoms with Crippen LogP contribution in [0.1, 0.15) is 27.7 Å². The van der Waals surface area contributed by atoms with Gasteiger partial charge in [-0.3, -0.25) is 0 Å². The van der Waals surface area contributed by atoms with Gasteiger partial charge in [0.15, 0.2) is 0 Å². The lowest BCUT2D eigenvalue weighted by Gasteiger charge is -2.27. The van der Waals surface area contributed by atoms with Crippen LogP contribution >= 0.6 is 22.6 Å². The van der Waals surface area contributed by atoms with Crippen LogP contribution in [-0.2, 0) is 4.74 Å². The molecule has 11 heavy (non-hydrogen) atoms. The predicted octanol–water partition coefficient (Wildman–Crippen LogP) is 1.95. The van der Waals surface area contributed by atoms with E-state index in [0.29, 0.717) is 6.54 Å². The minimum atomic E-state index is -0.178. The normalized spacial score (nSPS) is 13.6. The summed E-state index contributed by atoms with van der Waals surface area (Å²) in [4.78, 5) is 0. The lowest BCUT2D eigenvalue weighted by atomic mass is 10.1. The number of nitrogens with two attached hydrogens (primary N) is 1. The highest BCUT2D eigenvalue weighted by Gasteiger charge is 2.21. The molecule has 0 saturated carbocycles. The Morgan fingerprint density at radius 2 is 1.73 bits per heavy atom. The van der Waals surface area contributed by atoms with Crippen molar-refractivity contribution in [3.05, 3.63) is 0 Å². The van der Waals surface area contributed by atoms with Crippen molar-refractivity contribution in [2.45, 2.75) is 36.7 Å². The molecule has 0 rings (SSSR count). The minimum Gasteiger partial charge on any atom is -0.373 e. The summed E-state index contributed by atoms with van der Waals surface area (Å²) in [6.07, 6.45) is 0. The Kier molecular flexibility index (Phi) is 4.29. The van der Waals surface area contributed by atoms with Gasteiger partial charge in [-0.15, -0.1) is 0 Å². The molecular formula is C8H18INO. The summed E-state index contributed by atoms with van der Waals surface area (Å²) in [6, 6.07) is 0. The van der Waals surface area contributed by atoms with Crippen LogP contribution in [0, 0.1) is 0 Å². The van der Waals surface area contributed by atoms with E-state index in [1.165, 1.54) is 0 Å². The van der Waals surface area contributed by atoms with E-state index in [-0.39, 0.29) is 9.02 Å². The monoisotopic (exact) mass is 271 g/mol. The molecule has 0 bridgehead atoms. The summed E-state index contributed by atoms with van der Waals surface area (Å²) in [5, 5.41) is 0. The molecule has 0 spiro atoms. The van der Waals surface area contributed by atoms with Crippen LogP contribution in [0.25, 0.3) is 0 Å². The number of hydrogen-bond donors (Lipinski definition) is 1. The van der Waals surface area contributed by atoms with E-state index in [9.17, 15) is 0 Å². The molecule has 3 heteroatoms. The number of alkyl halides is 1. The second-order valence-corrected chi connectivity index (χ2v) is 6.89. The first-order valence-electron chi connectivity index (χ1n) is 3.80. The fourth-order valence-electron chi connectivity index (χ4n) is 0.426. The largest absolute Gasteiger partial charge is 0.373 e. The molecule has 0 amide bonds. The maximum atomic E-state index is 5.61. The molecule has 0 aromatic rings. The summed E-state index contributed by atoms with van der Waals surface area (Å²) in [5.74, 6) is 0. The van der Waals surface area contributed by atoms with Crippen molar-refractivity contribution in [2.75, 3.05) is 13.2 Å². The zero-order chi connectivity index (χ0) is 9.12. The Labute approximate surface area is 83.0 Å². The van der Waals surface area contributed by atoms with Crippen LogP contribution in [0.15, 0.2) is 0 Å². The van der Waals surface area contributed by atoms with E-state index in [1.807, 2.05) is 13.8 Å². The maximum Gasteiger partial charge on any atom is 0.0748 e. The van der Waals surface area contributed by atoms with Gasteiger partial charge in [-0.05, 0) is 27.7 Å². The van der Waals surface area contributed by atoms with E-state index in [2.05, 4.69) is 36.4 Å². The lowest BCUT2D eigenvalue weighted by molar-refractivity contribution is -0.0160. The molecule has 0 heterocycles. The molecule has 0 aromatic carbocycles. The van der Waals surface area contributed by atoms with Crippen molar-refractivity contribution in [3.63, 3.8) is 0 Å². The van der Waals surface area contributed by atoms with Gasteiger partial charge in [-0.1, -0.05) is 22.6 Å². The Morgan fingerprint density at radius 1 is 1.27 bits per heavy atom. The zero-order valence-corrected chi connectivity index (χ0v) is 9.94. The van der Waals surface area contributed by atoms with Gasteiger partial charge in [-0.2, -0.15) is 0 Å². The Hall–Kier alpha value is 0.650. The van der Waals surface area contributed by atoms with Crippen molar-refractivity contribution < 1.29 is 4.74 Å². The van der Waals surface area contributed by atoms with Crippen molar-refractivity contribution in [1.29, 1.82) is 0 Å². The molecule has 0 aliphatic rings. The fourth-order valence-corrected chi connectivity index (χ4v) is 0.582. The highest BCUT2D eigenvalue weighted by molar-refractivity contribution is 14.1. The molecule has 0 unspecified atom stereocenters. The van der Waals surface area contributed by atoms with Crippen molar-refractivity contribution in [2.24, 2.45) is 5.73 Å². The van der Waals surface area contributed by atoms with E-state index in [1.54, 1.807) is 0 Å². The van der Waals surface area contributed by atoms with Crippen molar-refractivity contribution in [3.8, 4) is 0 Å². The van der Waals surface area contributed by atoms with Gasteiger partial charge < -0.3 is 10.5 Å². The third kappa shape index (κ3) is 7.03. The van der Waals surface area contributed by atoms with Gasteiger partial charge in [-0.25, -0.2) is 0 Å². The molecule has 2 nitrogen and oxygen atoms in total. The predicted molar refractivity (Wildman–Crippen MR) is 57.2 cm³/mol. The van der Waals surface area contributed by atoms with Crippen molar-refractivity contribution in [1.82, 2.24) is 0 Å². The molecular weight excluding hydrogens is 253 g/mol. The number of rotatable bonds is 4. The van der Waals surface area contributed by atoms with Crippen LogP contribution in [0.5, 0.6) is 0 Å². The summed E-state index contributed by atoms with van der Waals surface area (Å²) < 4.78 is 5.81. The molecule has 0 aliphatic carbocycles. The fraction of sp³-hybridized carbons (Fsp3) is 1.00. The molecule has 0 atom stereocenters. The summed E-state index contributed by atoms with van der Waals surface area (Å²) in [5.41, 5.74) is 5.33. The van der Waals surface area contributed by atoms with Gasteiger partial charge in [0.2, 0.25) is 0 Å². The summed E-state index contributed by atoms with van der Waals surface area (Å²) in [7, 11) is 0. The van der Waals surface area contributed by atoms with E-state index >= 15 is 0 Å². The number of hydrogen-bond acceptors (Lipinski definition) is 2. The van der Waals surface area contributed by atoms with Crippen LogP contribution in [0.2, 0.25) is 0 Å². The lowest BCUT2D eigenvalue weighted by Crippen LogP contribution is -2.37. The third-order valence-electron chi connectivity index (χ3n) is 1.30. The molecule has 0 aromatic heterocycles. The van der Waals surface area contributed by atoms with Crippen molar-refractivity contribution >= 4 is 22.6 Å². The van der Waals surface area contributed by atoms with Crippen LogP contribution in [-0.4, -0.2) is 22.2 Å². The van der Waals surface area contributed by atoms with Crippen LogP contribution in [0.3, 0.4) is 0 Å². The number of ether oxygens (including phenoxy) is 1. The zero-order valence-electron chi connectivity index (χ0n) is 7.78. The smallest absolute Gasteiger partial charge is 0.0748 e. The molecule has 0 fully saturated rings. The third-order valence-corrected chi connectivity index (χ3v) is 1.61. The van der Waals surface area contributed by atoms with Gasteiger partial charge in [0.05, 0.1) is 12.2 Å². The van der Waals surface area contributed by atoms with Gasteiger partial charge >= 0.3 is 0 Å². The van der Waals surface area contributed by atoms with Crippen LogP contribution < -0.4 is 5.73 Å². The van der Waals surface area contributed by atoms with Gasteiger partial charge in [0, 0.05) is 9.97 Å². The standard InChI is InChI=1S/C8H18INO/c1-7(2,9)6-11-8(3,4)5-10/h5-6,10H2,1-4H3. The van der Waals surface area contributed by atoms with E-state index < -0.39 is 0 Å². The first kappa shape index (κ1) is 11.6. The average Bonchev–Trinajstić information content (AvgIpc) is 1.83. The molecule has 0 saturated heterocycles. The first-order valence-corrected chi connectivity index (χ1v) is 4.88. The summed E-state index contributed by atoms with van der Waals surface area (Å²) in [6.45, 7) is 9.61. The van der Waals surface area contributed by atoms with E-state index in [0.717, 1.165) is 6.61 Å².